The van der Waals surface area contributed by atoms with Gasteiger partial charge >= 0.3 is 0 Å². The van der Waals surface area contributed by atoms with Crippen LogP contribution in [0, 0.1) is 11.3 Å². The van der Waals surface area contributed by atoms with E-state index < -0.39 is 0 Å². The van der Waals surface area contributed by atoms with Gasteiger partial charge in [-0.3, -0.25) is 0 Å². The highest BCUT2D eigenvalue weighted by Crippen LogP contribution is 2.42. The van der Waals surface area contributed by atoms with E-state index in [2.05, 4.69) is 33.0 Å². The number of hydrogen-bond donors (Lipinski definition) is 1. The molecule has 1 aliphatic rings. The molecule has 0 amide bonds. The van der Waals surface area contributed by atoms with Crippen molar-refractivity contribution < 1.29 is 14.2 Å². The zero-order chi connectivity index (χ0) is 14.5. The summed E-state index contributed by atoms with van der Waals surface area (Å²) in [5.74, 6) is 0.599. The number of ether oxygens (including phenoxy) is 3. The Kier molecular flexibility index (Phi) is 6.74. The van der Waals surface area contributed by atoms with Gasteiger partial charge in [-0.25, -0.2) is 0 Å². The third-order valence-electron chi connectivity index (χ3n) is 4.09. The van der Waals surface area contributed by atoms with Crippen LogP contribution >= 0.6 is 0 Å². The molecule has 1 saturated carbocycles. The first kappa shape index (κ1) is 16.9. The molecule has 0 aromatic carbocycles. The minimum absolute atomic E-state index is 0.122. The maximum atomic E-state index is 5.97. The second kappa shape index (κ2) is 7.58. The maximum absolute atomic E-state index is 5.97. The minimum Gasteiger partial charge on any atom is -0.382 e. The van der Waals surface area contributed by atoms with Crippen LogP contribution in [0.2, 0.25) is 0 Å². The molecule has 0 bridgehead atoms. The fourth-order valence-electron chi connectivity index (χ4n) is 2.49. The van der Waals surface area contributed by atoms with Crippen molar-refractivity contribution in [1.29, 1.82) is 0 Å². The summed E-state index contributed by atoms with van der Waals surface area (Å²) >= 11 is 0. The Balaban J connectivity index is 2.30. The summed E-state index contributed by atoms with van der Waals surface area (Å²) in [6.45, 7) is 11.2. The van der Waals surface area contributed by atoms with E-state index in [1.165, 1.54) is 0 Å². The summed E-state index contributed by atoms with van der Waals surface area (Å²) in [5, 5.41) is 3.58. The van der Waals surface area contributed by atoms with E-state index in [0.717, 1.165) is 19.6 Å². The average Bonchev–Trinajstić information content (AvgIpc) is 2.35. The van der Waals surface area contributed by atoms with Crippen LogP contribution < -0.4 is 5.32 Å². The molecule has 0 spiro atoms. The van der Waals surface area contributed by atoms with Crippen LogP contribution in [0.3, 0.4) is 0 Å². The van der Waals surface area contributed by atoms with E-state index in [1.54, 1.807) is 14.2 Å². The van der Waals surface area contributed by atoms with Gasteiger partial charge in [-0.15, -0.1) is 0 Å². The van der Waals surface area contributed by atoms with Crippen molar-refractivity contribution in [3.63, 3.8) is 0 Å². The smallest absolute Gasteiger partial charge is 0.0928 e. The molecule has 3 unspecified atom stereocenters. The van der Waals surface area contributed by atoms with E-state index in [0.29, 0.717) is 24.7 Å². The summed E-state index contributed by atoms with van der Waals surface area (Å²) in [7, 11) is 3.43. The highest BCUT2D eigenvalue weighted by molar-refractivity contribution is 5.03. The van der Waals surface area contributed by atoms with Crippen molar-refractivity contribution in [3.8, 4) is 0 Å². The van der Waals surface area contributed by atoms with Crippen LogP contribution in [-0.4, -0.2) is 52.2 Å². The van der Waals surface area contributed by atoms with E-state index in [9.17, 15) is 0 Å². The standard InChI is InChI=1S/C15H31NO3/c1-11(2)9-19-14-7-13(15(14,3)4)16-8-12(18-6)10-17-5/h11-14,16H,7-10H2,1-6H3. The zero-order valence-corrected chi connectivity index (χ0v) is 13.4. The van der Waals surface area contributed by atoms with Crippen LogP contribution in [0.15, 0.2) is 0 Å². The van der Waals surface area contributed by atoms with Gasteiger partial charge in [0.25, 0.3) is 0 Å². The fourth-order valence-corrected chi connectivity index (χ4v) is 2.49. The quantitative estimate of drug-likeness (QED) is 0.698. The van der Waals surface area contributed by atoms with Crippen molar-refractivity contribution in [2.45, 2.75) is 52.4 Å². The predicted octanol–water partition coefficient (Wildman–Crippen LogP) is 2.08. The molecule has 3 atom stereocenters. The number of hydrogen-bond acceptors (Lipinski definition) is 4. The Hall–Kier alpha value is -0.160. The van der Waals surface area contributed by atoms with Crippen molar-refractivity contribution in [2.75, 3.05) is 34.0 Å². The van der Waals surface area contributed by atoms with Gasteiger partial charge in [-0.2, -0.15) is 0 Å². The van der Waals surface area contributed by atoms with Gasteiger partial charge in [0.15, 0.2) is 0 Å². The lowest BCUT2D eigenvalue weighted by atomic mass is 9.64. The van der Waals surface area contributed by atoms with E-state index in [1.807, 2.05) is 0 Å². The molecule has 4 nitrogen and oxygen atoms in total. The Morgan fingerprint density at radius 3 is 2.37 bits per heavy atom. The zero-order valence-electron chi connectivity index (χ0n) is 13.4. The van der Waals surface area contributed by atoms with Crippen molar-refractivity contribution in [3.05, 3.63) is 0 Å². The molecule has 19 heavy (non-hydrogen) atoms. The number of rotatable bonds is 9. The molecule has 1 rings (SSSR count). The van der Waals surface area contributed by atoms with Crippen LogP contribution in [0.4, 0.5) is 0 Å². The van der Waals surface area contributed by atoms with E-state index in [-0.39, 0.29) is 11.5 Å². The Morgan fingerprint density at radius 2 is 1.89 bits per heavy atom. The van der Waals surface area contributed by atoms with E-state index >= 15 is 0 Å². The fraction of sp³-hybridized carbons (Fsp3) is 1.00. The average molecular weight is 273 g/mol. The van der Waals surface area contributed by atoms with E-state index in [4.69, 9.17) is 14.2 Å². The lowest BCUT2D eigenvalue weighted by Gasteiger charge is -2.52. The molecule has 0 aromatic rings. The third kappa shape index (κ3) is 4.71. The molecule has 0 aromatic heterocycles. The van der Waals surface area contributed by atoms with Crippen molar-refractivity contribution >= 4 is 0 Å². The lowest BCUT2D eigenvalue weighted by Crippen LogP contribution is -2.62. The van der Waals surface area contributed by atoms with Crippen LogP contribution in [0.25, 0.3) is 0 Å². The van der Waals surface area contributed by atoms with Gasteiger partial charge < -0.3 is 19.5 Å². The summed E-state index contributed by atoms with van der Waals surface area (Å²) in [6.07, 6.45) is 1.58. The second-order valence-corrected chi connectivity index (χ2v) is 6.55. The van der Waals surface area contributed by atoms with Gasteiger partial charge in [0, 0.05) is 38.8 Å². The first-order valence-electron chi connectivity index (χ1n) is 7.28. The van der Waals surface area contributed by atoms with Crippen LogP contribution in [0.5, 0.6) is 0 Å². The van der Waals surface area contributed by atoms with Crippen molar-refractivity contribution in [2.24, 2.45) is 11.3 Å². The number of nitrogens with one attached hydrogen (secondary N) is 1. The Labute approximate surface area is 118 Å². The molecule has 114 valence electrons. The summed E-state index contributed by atoms with van der Waals surface area (Å²) in [5.41, 5.74) is 0.195. The first-order valence-corrected chi connectivity index (χ1v) is 7.28. The minimum atomic E-state index is 0.122. The largest absolute Gasteiger partial charge is 0.382 e. The molecule has 1 N–H and O–H groups in total. The third-order valence-corrected chi connectivity index (χ3v) is 4.09. The molecule has 0 radical (unpaired) electrons. The molecular formula is C15H31NO3. The topological polar surface area (TPSA) is 39.7 Å². The van der Waals surface area contributed by atoms with Gasteiger partial charge in [0.2, 0.25) is 0 Å². The molecule has 0 heterocycles. The van der Waals surface area contributed by atoms with Crippen LogP contribution in [-0.2, 0) is 14.2 Å². The predicted molar refractivity (Wildman–Crippen MR) is 77.4 cm³/mol. The van der Waals surface area contributed by atoms with Crippen molar-refractivity contribution in [1.82, 2.24) is 5.32 Å². The molecule has 0 aliphatic heterocycles. The molecule has 1 fully saturated rings. The molecule has 1 aliphatic carbocycles. The monoisotopic (exact) mass is 273 g/mol. The second-order valence-electron chi connectivity index (χ2n) is 6.55. The maximum Gasteiger partial charge on any atom is 0.0928 e. The summed E-state index contributed by atoms with van der Waals surface area (Å²) in [6, 6.07) is 0.499. The lowest BCUT2D eigenvalue weighted by molar-refractivity contribution is -0.125. The Bertz CT molecular complexity index is 256. The summed E-state index contributed by atoms with van der Waals surface area (Å²) < 4.78 is 16.5. The normalized spacial score (nSPS) is 27.3. The Morgan fingerprint density at radius 1 is 1.21 bits per heavy atom. The SMILES string of the molecule is COCC(CNC1CC(OCC(C)C)C1(C)C)OC. The highest BCUT2D eigenvalue weighted by atomic mass is 16.5. The molecule has 0 saturated heterocycles. The van der Waals surface area contributed by atoms with Gasteiger partial charge in [-0.1, -0.05) is 27.7 Å². The molecular weight excluding hydrogens is 242 g/mol. The highest BCUT2D eigenvalue weighted by Gasteiger charge is 2.48. The number of methoxy groups -OCH3 is 2. The van der Waals surface area contributed by atoms with Gasteiger partial charge in [-0.05, 0) is 12.3 Å². The molecule has 4 heteroatoms. The summed E-state index contributed by atoms with van der Waals surface area (Å²) in [4.78, 5) is 0. The van der Waals surface area contributed by atoms with Gasteiger partial charge in [0.1, 0.15) is 0 Å². The van der Waals surface area contributed by atoms with Gasteiger partial charge in [0.05, 0.1) is 18.8 Å². The first-order chi connectivity index (χ1) is 8.91. The van der Waals surface area contributed by atoms with Crippen LogP contribution in [0.1, 0.15) is 34.1 Å².